The lowest BCUT2D eigenvalue weighted by Crippen LogP contribution is -2.15. The number of anilines is 2. The van der Waals surface area contributed by atoms with Crippen LogP contribution in [0.15, 0.2) is 176 Å². The molecule has 0 aliphatic rings. The summed E-state index contributed by atoms with van der Waals surface area (Å²) in [4.78, 5) is 2.31. The highest BCUT2D eigenvalue weighted by Crippen LogP contribution is 2.37. The van der Waals surface area contributed by atoms with E-state index in [0.29, 0.717) is 0 Å². The molecule has 7 aromatic rings. The van der Waals surface area contributed by atoms with Gasteiger partial charge in [-0.3, -0.25) is 0 Å². The van der Waals surface area contributed by atoms with E-state index in [9.17, 15) is 0 Å². The topological polar surface area (TPSA) is 8.17 Å². The molecule has 2 heteroatoms. The van der Waals surface area contributed by atoms with E-state index in [2.05, 4.69) is 193 Å². The van der Waals surface area contributed by atoms with Gasteiger partial charge in [-0.1, -0.05) is 109 Å². The Hall–Kier alpha value is -5.60. The fourth-order valence-corrected chi connectivity index (χ4v) is 6.16. The molecule has 0 aliphatic carbocycles. The summed E-state index contributed by atoms with van der Waals surface area (Å²) in [7, 11) is 0. The van der Waals surface area contributed by atoms with Gasteiger partial charge in [-0.05, 0) is 96.8 Å². The lowest BCUT2D eigenvalue weighted by atomic mass is 10.0. The van der Waals surface area contributed by atoms with Gasteiger partial charge in [-0.15, -0.1) is 0 Å². The highest BCUT2D eigenvalue weighted by atomic mass is 15.1. The van der Waals surface area contributed by atoms with Gasteiger partial charge in [0, 0.05) is 33.5 Å². The largest absolute Gasteiger partial charge is 0.311 e. The number of para-hydroxylation sites is 2. The van der Waals surface area contributed by atoms with Gasteiger partial charge in [-0.25, -0.2) is 0 Å². The molecule has 0 saturated heterocycles. The third kappa shape index (κ3) is 5.01. The van der Waals surface area contributed by atoms with Crippen LogP contribution in [0.4, 0.5) is 11.4 Å². The zero-order valence-electron chi connectivity index (χ0n) is 25.1. The monoisotopic (exact) mass is 566 g/mol. The smallest absolute Gasteiger partial charge is 0.0541 e. The van der Waals surface area contributed by atoms with E-state index in [4.69, 9.17) is 0 Å². The summed E-state index contributed by atoms with van der Waals surface area (Å²) in [5.41, 5.74) is 11.8. The average Bonchev–Trinajstić information content (AvgIpc) is 3.43. The summed E-state index contributed by atoms with van der Waals surface area (Å²) in [6.45, 7) is 4.16. The van der Waals surface area contributed by atoms with Crippen LogP contribution in [0.1, 0.15) is 13.8 Å². The summed E-state index contributed by atoms with van der Waals surface area (Å²) in [5, 5.41) is 2.52. The molecule has 0 spiro atoms. The van der Waals surface area contributed by atoms with Crippen LogP contribution in [0.2, 0.25) is 0 Å². The van der Waals surface area contributed by atoms with Crippen molar-refractivity contribution in [1.82, 2.24) is 4.57 Å². The number of hydrogen-bond acceptors (Lipinski definition) is 1. The molecule has 1 heterocycles. The molecule has 0 fully saturated rings. The summed E-state index contributed by atoms with van der Waals surface area (Å²) in [5.74, 6) is 0. The second-order valence-electron chi connectivity index (χ2n) is 10.9. The van der Waals surface area contributed by atoms with Crippen molar-refractivity contribution in [2.75, 3.05) is 4.90 Å². The number of hydrogen-bond donors (Lipinski definition) is 0. The summed E-state index contributed by atoms with van der Waals surface area (Å²) in [6.07, 6.45) is 6.42. The summed E-state index contributed by atoms with van der Waals surface area (Å²) >= 11 is 0. The predicted octanol–water partition coefficient (Wildman–Crippen LogP) is 11.7. The number of aromatic nitrogens is 1. The van der Waals surface area contributed by atoms with Crippen molar-refractivity contribution in [3.8, 4) is 27.9 Å². The first kappa shape index (κ1) is 27.2. The normalized spacial score (nSPS) is 11.9. The molecule has 212 valence electrons. The lowest BCUT2D eigenvalue weighted by molar-refractivity contribution is 1.18. The highest BCUT2D eigenvalue weighted by molar-refractivity contribution is 6.10. The first-order valence-electron chi connectivity index (χ1n) is 15.2. The maximum Gasteiger partial charge on any atom is 0.0541 e. The first-order valence-corrected chi connectivity index (χ1v) is 15.2. The molecule has 0 N–H and O–H groups in total. The van der Waals surface area contributed by atoms with Crippen LogP contribution in [0.25, 0.3) is 49.7 Å². The van der Waals surface area contributed by atoms with Crippen LogP contribution in [0.5, 0.6) is 0 Å². The number of rotatable bonds is 7. The van der Waals surface area contributed by atoms with Crippen molar-refractivity contribution < 1.29 is 0 Å². The number of allylic oxidation sites excluding steroid dienone is 3. The van der Waals surface area contributed by atoms with Crippen LogP contribution in [0, 0.1) is 0 Å². The molecule has 2 nitrogen and oxygen atoms in total. The highest BCUT2D eigenvalue weighted by Gasteiger charge is 2.15. The van der Waals surface area contributed by atoms with Crippen LogP contribution >= 0.6 is 0 Å². The quantitative estimate of drug-likeness (QED) is 0.174. The van der Waals surface area contributed by atoms with Crippen molar-refractivity contribution in [2.24, 2.45) is 0 Å². The SMILES string of the molecule is C/C=C\C(=C/C)N(c1ccc(-c2ccccc2)cc1)c1ccc(-c2ccc3c(c2)c2ccccc2n3-c2ccccc2)cc1. The van der Waals surface area contributed by atoms with E-state index in [1.165, 1.54) is 49.7 Å². The molecule has 44 heavy (non-hydrogen) atoms. The van der Waals surface area contributed by atoms with Gasteiger partial charge in [0.1, 0.15) is 0 Å². The Morgan fingerprint density at radius 2 is 1.02 bits per heavy atom. The molecule has 0 aliphatic heterocycles. The maximum absolute atomic E-state index is 2.36. The standard InChI is InChI=1S/C42H34N2/c1-3-13-35(4-2)43(37-25-20-32(21-26-37)31-14-7-5-8-15-31)38-27-22-33(23-28-38)34-24-29-42-40(30-34)39-18-11-12-19-41(39)44(42)36-16-9-6-10-17-36/h3-30H,1-2H3/b13-3-,35-4+. The molecule has 0 unspecified atom stereocenters. The Morgan fingerprint density at radius 1 is 0.500 bits per heavy atom. The minimum absolute atomic E-state index is 1.12. The molecule has 0 radical (unpaired) electrons. The molecule has 7 rings (SSSR count). The molecular formula is C42H34N2. The number of nitrogens with zero attached hydrogens (tertiary/aromatic N) is 2. The Labute approximate surface area is 259 Å². The Bertz CT molecular complexity index is 2100. The summed E-state index contributed by atoms with van der Waals surface area (Å²) in [6, 6.07) is 54.4. The molecule has 0 atom stereocenters. The van der Waals surface area contributed by atoms with Crippen LogP contribution in [-0.2, 0) is 0 Å². The Balaban J connectivity index is 1.27. The molecule has 6 aromatic carbocycles. The zero-order chi connectivity index (χ0) is 29.9. The van der Waals surface area contributed by atoms with Crippen molar-refractivity contribution >= 4 is 33.2 Å². The zero-order valence-corrected chi connectivity index (χ0v) is 25.1. The van der Waals surface area contributed by atoms with E-state index in [-0.39, 0.29) is 0 Å². The van der Waals surface area contributed by atoms with Gasteiger partial charge in [0.25, 0.3) is 0 Å². The lowest BCUT2D eigenvalue weighted by Gasteiger charge is -2.27. The van der Waals surface area contributed by atoms with E-state index < -0.39 is 0 Å². The van der Waals surface area contributed by atoms with Gasteiger partial charge in [-0.2, -0.15) is 0 Å². The van der Waals surface area contributed by atoms with E-state index in [1.54, 1.807) is 0 Å². The number of fused-ring (bicyclic) bond motifs is 3. The molecule has 0 bridgehead atoms. The molecule has 0 saturated carbocycles. The fraction of sp³-hybridized carbons (Fsp3) is 0.0476. The Kier molecular flexibility index (Phi) is 7.40. The van der Waals surface area contributed by atoms with Gasteiger partial charge >= 0.3 is 0 Å². The third-order valence-electron chi connectivity index (χ3n) is 8.27. The van der Waals surface area contributed by atoms with E-state index >= 15 is 0 Å². The van der Waals surface area contributed by atoms with Gasteiger partial charge in [0.2, 0.25) is 0 Å². The third-order valence-corrected chi connectivity index (χ3v) is 8.27. The van der Waals surface area contributed by atoms with E-state index in [0.717, 1.165) is 17.1 Å². The van der Waals surface area contributed by atoms with Crippen molar-refractivity contribution in [3.05, 3.63) is 176 Å². The van der Waals surface area contributed by atoms with Crippen LogP contribution in [-0.4, -0.2) is 4.57 Å². The minimum atomic E-state index is 1.12. The van der Waals surface area contributed by atoms with Gasteiger partial charge in [0.05, 0.1) is 11.0 Å². The van der Waals surface area contributed by atoms with Crippen LogP contribution < -0.4 is 4.90 Å². The second-order valence-corrected chi connectivity index (χ2v) is 10.9. The predicted molar refractivity (Wildman–Crippen MR) is 189 cm³/mol. The minimum Gasteiger partial charge on any atom is -0.311 e. The Morgan fingerprint density at radius 3 is 1.66 bits per heavy atom. The van der Waals surface area contributed by atoms with Gasteiger partial charge < -0.3 is 9.47 Å². The van der Waals surface area contributed by atoms with Crippen molar-refractivity contribution in [1.29, 1.82) is 0 Å². The average molecular weight is 567 g/mol. The summed E-state index contributed by atoms with van der Waals surface area (Å²) < 4.78 is 2.36. The molecular weight excluding hydrogens is 532 g/mol. The first-order chi connectivity index (χ1) is 21.7. The molecule has 0 amide bonds. The van der Waals surface area contributed by atoms with Crippen LogP contribution in [0.3, 0.4) is 0 Å². The van der Waals surface area contributed by atoms with E-state index in [1.807, 2.05) is 0 Å². The van der Waals surface area contributed by atoms with Crippen molar-refractivity contribution in [2.45, 2.75) is 13.8 Å². The number of benzene rings is 6. The van der Waals surface area contributed by atoms with Gasteiger partial charge in [0.15, 0.2) is 0 Å². The second kappa shape index (κ2) is 11.9. The van der Waals surface area contributed by atoms with Crippen molar-refractivity contribution in [3.63, 3.8) is 0 Å². The molecule has 1 aromatic heterocycles. The maximum atomic E-state index is 2.36. The fourth-order valence-electron chi connectivity index (χ4n) is 6.16.